The smallest absolute Gasteiger partial charge is 0.495 e. The Labute approximate surface area is 113 Å². The van der Waals surface area contributed by atoms with Gasteiger partial charge in [-0.25, -0.2) is 0 Å². The Morgan fingerprint density at radius 1 is 1.00 bits per heavy atom. The van der Waals surface area contributed by atoms with E-state index in [4.69, 9.17) is 10.5 Å². The summed E-state index contributed by atoms with van der Waals surface area (Å²) in [5.41, 5.74) is 7.43. The second-order valence-corrected chi connectivity index (χ2v) is 4.03. The SMILES string of the molecule is COc1ccc(-c2cccc(OC(F)(F)F)c2)cc1N. The molecule has 0 amide bonds. The van der Waals surface area contributed by atoms with Gasteiger partial charge in [-0.3, -0.25) is 0 Å². The van der Waals surface area contributed by atoms with Crippen LogP contribution in [-0.2, 0) is 0 Å². The normalized spacial score (nSPS) is 11.2. The molecule has 0 radical (unpaired) electrons. The van der Waals surface area contributed by atoms with Gasteiger partial charge < -0.3 is 15.2 Å². The summed E-state index contributed by atoms with van der Waals surface area (Å²) >= 11 is 0. The Hall–Kier alpha value is -2.37. The molecule has 0 aliphatic rings. The molecule has 0 aliphatic heterocycles. The lowest BCUT2D eigenvalue weighted by atomic mass is 10.0. The maximum atomic E-state index is 12.2. The number of hydrogen-bond acceptors (Lipinski definition) is 3. The molecular formula is C14H12F3NO2. The lowest BCUT2D eigenvalue weighted by Gasteiger charge is -2.11. The highest BCUT2D eigenvalue weighted by molar-refractivity contribution is 5.71. The number of benzene rings is 2. The molecular weight excluding hydrogens is 271 g/mol. The Balaban J connectivity index is 2.33. The van der Waals surface area contributed by atoms with Gasteiger partial charge in [0.15, 0.2) is 0 Å². The summed E-state index contributed by atoms with van der Waals surface area (Å²) < 4.78 is 45.4. The second kappa shape index (κ2) is 5.32. The van der Waals surface area contributed by atoms with Crippen LogP contribution in [0.2, 0.25) is 0 Å². The van der Waals surface area contributed by atoms with Crippen LogP contribution in [0, 0.1) is 0 Å². The summed E-state index contributed by atoms with van der Waals surface area (Å²) in [6, 6.07) is 10.7. The topological polar surface area (TPSA) is 44.5 Å². The summed E-state index contributed by atoms with van der Waals surface area (Å²) in [6.45, 7) is 0. The minimum atomic E-state index is -4.71. The molecule has 0 unspecified atom stereocenters. The minimum Gasteiger partial charge on any atom is -0.495 e. The van der Waals surface area contributed by atoms with Crippen LogP contribution >= 0.6 is 0 Å². The molecule has 20 heavy (non-hydrogen) atoms. The molecule has 0 bridgehead atoms. The maximum absolute atomic E-state index is 12.2. The zero-order chi connectivity index (χ0) is 14.8. The summed E-state index contributed by atoms with van der Waals surface area (Å²) in [4.78, 5) is 0. The van der Waals surface area contributed by atoms with E-state index in [0.29, 0.717) is 22.6 Å². The molecule has 2 N–H and O–H groups in total. The average Bonchev–Trinajstić information content (AvgIpc) is 2.37. The molecule has 2 rings (SSSR count). The maximum Gasteiger partial charge on any atom is 0.573 e. The predicted molar refractivity (Wildman–Crippen MR) is 69.5 cm³/mol. The van der Waals surface area contributed by atoms with Gasteiger partial charge in [0.1, 0.15) is 11.5 Å². The van der Waals surface area contributed by atoms with E-state index in [1.165, 1.54) is 25.3 Å². The van der Waals surface area contributed by atoms with Gasteiger partial charge in [0.2, 0.25) is 0 Å². The molecule has 106 valence electrons. The molecule has 0 heterocycles. The van der Waals surface area contributed by atoms with E-state index in [0.717, 1.165) is 0 Å². The van der Waals surface area contributed by atoms with Crippen molar-refractivity contribution in [1.29, 1.82) is 0 Å². The molecule has 0 aliphatic carbocycles. The van der Waals surface area contributed by atoms with Gasteiger partial charge >= 0.3 is 6.36 Å². The van der Waals surface area contributed by atoms with E-state index in [9.17, 15) is 13.2 Å². The third-order valence-corrected chi connectivity index (χ3v) is 2.63. The first-order valence-electron chi connectivity index (χ1n) is 5.69. The quantitative estimate of drug-likeness (QED) is 0.870. The van der Waals surface area contributed by atoms with Crippen molar-refractivity contribution in [2.45, 2.75) is 6.36 Å². The molecule has 0 atom stereocenters. The molecule has 0 aromatic heterocycles. The van der Waals surface area contributed by atoms with Crippen LogP contribution in [0.5, 0.6) is 11.5 Å². The highest BCUT2D eigenvalue weighted by atomic mass is 19.4. The zero-order valence-electron chi connectivity index (χ0n) is 10.6. The summed E-state index contributed by atoms with van der Waals surface area (Å²) in [5.74, 6) is 0.237. The average molecular weight is 283 g/mol. The lowest BCUT2D eigenvalue weighted by molar-refractivity contribution is -0.274. The van der Waals surface area contributed by atoms with E-state index in [2.05, 4.69) is 4.74 Å². The van der Waals surface area contributed by atoms with Crippen molar-refractivity contribution in [1.82, 2.24) is 0 Å². The van der Waals surface area contributed by atoms with Gasteiger partial charge in [0.05, 0.1) is 12.8 Å². The fourth-order valence-corrected chi connectivity index (χ4v) is 1.79. The Morgan fingerprint density at radius 3 is 2.30 bits per heavy atom. The van der Waals surface area contributed by atoms with Gasteiger partial charge in [-0.05, 0) is 35.4 Å². The van der Waals surface area contributed by atoms with E-state index in [1.807, 2.05) is 0 Å². The molecule has 0 fully saturated rings. The van der Waals surface area contributed by atoms with E-state index >= 15 is 0 Å². The van der Waals surface area contributed by atoms with Gasteiger partial charge in [-0.1, -0.05) is 18.2 Å². The standard InChI is InChI=1S/C14H12F3NO2/c1-19-13-6-5-10(8-12(13)18)9-3-2-4-11(7-9)20-14(15,16)17/h2-8H,18H2,1H3. The molecule has 2 aromatic rings. The molecule has 6 heteroatoms. The van der Waals surface area contributed by atoms with Gasteiger partial charge in [0, 0.05) is 0 Å². The highest BCUT2D eigenvalue weighted by Gasteiger charge is 2.31. The Bertz CT molecular complexity index is 612. The fourth-order valence-electron chi connectivity index (χ4n) is 1.79. The Morgan fingerprint density at radius 2 is 1.70 bits per heavy atom. The van der Waals surface area contributed by atoms with E-state index < -0.39 is 6.36 Å². The first kappa shape index (κ1) is 14.0. The third kappa shape index (κ3) is 3.34. The summed E-state index contributed by atoms with van der Waals surface area (Å²) in [5, 5.41) is 0. The van der Waals surface area contributed by atoms with Crippen molar-refractivity contribution in [3.63, 3.8) is 0 Å². The van der Waals surface area contributed by atoms with Crippen LogP contribution in [0.3, 0.4) is 0 Å². The zero-order valence-corrected chi connectivity index (χ0v) is 10.6. The molecule has 3 nitrogen and oxygen atoms in total. The fraction of sp³-hybridized carbons (Fsp3) is 0.143. The van der Waals surface area contributed by atoms with Crippen molar-refractivity contribution in [3.05, 3.63) is 42.5 Å². The monoisotopic (exact) mass is 283 g/mol. The molecule has 0 saturated carbocycles. The van der Waals surface area contributed by atoms with Crippen molar-refractivity contribution in [2.75, 3.05) is 12.8 Å². The lowest BCUT2D eigenvalue weighted by Crippen LogP contribution is -2.17. The first-order valence-corrected chi connectivity index (χ1v) is 5.69. The number of methoxy groups -OCH3 is 1. The van der Waals surface area contributed by atoms with Crippen molar-refractivity contribution in [3.8, 4) is 22.6 Å². The third-order valence-electron chi connectivity index (χ3n) is 2.63. The summed E-state index contributed by atoms with van der Waals surface area (Å²) in [7, 11) is 1.49. The van der Waals surface area contributed by atoms with Crippen LogP contribution in [0.25, 0.3) is 11.1 Å². The molecule has 0 spiro atoms. The van der Waals surface area contributed by atoms with E-state index in [1.54, 1.807) is 24.3 Å². The minimum absolute atomic E-state index is 0.274. The van der Waals surface area contributed by atoms with Crippen LogP contribution in [-0.4, -0.2) is 13.5 Å². The van der Waals surface area contributed by atoms with Crippen molar-refractivity contribution in [2.24, 2.45) is 0 Å². The Kier molecular flexibility index (Phi) is 3.74. The van der Waals surface area contributed by atoms with Gasteiger partial charge in [-0.2, -0.15) is 0 Å². The number of nitrogens with two attached hydrogens (primary N) is 1. The van der Waals surface area contributed by atoms with E-state index in [-0.39, 0.29) is 5.75 Å². The van der Waals surface area contributed by atoms with Crippen molar-refractivity contribution < 1.29 is 22.6 Å². The van der Waals surface area contributed by atoms with Crippen molar-refractivity contribution >= 4 is 5.69 Å². The number of rotatable bonds is 3. The molecule has 2 aromatic carbocycles. The number of anilines is 1. The van der Waals surface area contributed by atoms with Crippen LogP contribution < -0.4 is 15.2 Å². The number of nitrogen functional groups attached to an aromatic ring is 1. The number of alkyl halides is 3. The number of halogens is 3. The predicted octanol–water partition coefficient (Wildman–Crippen LogP) is 3.84. The number of ether oxygens (including phenoxy) is 2. The van der Waals surface area contributed by atoms with Gasteiger partial charge in [0.25, 0.3) is 0 Å². The largest absolute Gasteiger partial charge is 0.573 e. The van der Waals surface area contributed by atoms with Gasteiger partial charge in [-0.15, -0.1) is 13.2 Å². The first-order chi connectivity index (χ1) is 9.39. The second-order valence-electron chi connectivity index (χ2n) is 4.03. The van der Waals surface area contributed by atoms with Crippen LogP contribution in [0.15, 0.2) is 42.5 Å². The van der Waals surface area contributed by atoms with Crippen LogP contribution in [0.4, 0.5) is 18.9 Å². The highest BCUT2D eigenvalue weighted by Crippen LogP contribution is 2.31. The van der Waals surface area contributed by atoms with Crippen LogP contribution in [0.1, 0.15) is 0 Å². The summed E-state index contributed by atoms with van der Waals surface area (Å²) in [6.07, 6.45) is -4.71. The molecule has 0 saturated heterocycles. The number of hydrogen-bond donors (Lipinski definition) is 1.